The fourth-order valence-corrected chi connectivity index (χ4v) is 6.16. The van der Waals surface area contributed by atoms with Crippen LogP contribution in [0, 0.1) is 5.92 Å². The average Bonchev–Trinajstić information content (AvgIpc) is 2.93. The summed E-state index contributed by atoms with van der Waals surface area (Å²) >= 11 is 0. The van der Waals surface area contributed by atoms with Gasteiger partial charge in [-0.05, 0) is 61.6 Å². The van der Waals surface area contributed by atoms with E-state index >= 15 is 0 Å². The number of alkyl halides is 3. The van der Waals surface area contributed by atoms with Gasteiger partial charge in [0.25, 0.3) is 5.56 Å². The highest BCUT2D eigenvalue weighted by Crippen LogP contribution is 2.41. The minimum Gasteiger partial charge on any atom is -0.446 e. The molecule has 250 valence electrons. The van der Waals surface area contributed by atoms with Crippen molar-refractivity contribution in [1.29, 1.82) is 0 Å². The fraction of sp³-hybridized carbons (Fsp3) is 0.594. The second-order valence-corrected chi connectivity index (χ2v) is 18.4. The Morgan fingerprint density at radius 1 is 1.02 bits per heavy atom. The number of hydrogen-bond donors (Lipinski definition) is 2. The average molecular weight is 653 g/mol. The van der Waals surface area contributed by atoms with Gasteiger partial charge in [-0.1, -0.05) is 65.0 Å². The van der Waals surface area contributed by atoms with Crippen LogP contribution < -0.4 is 16.2 Å². The number of pyridine rings is 1. The quantitative estimate of drug-likeness (QED) is 0.294. The lowest BCUT2D eigenvalue weighted by Gasteiger charge is -2.42. The largest absolute Gasteiger partial charge is 0.446 e. The van der Waals surface area contributed by atoms with E-state index in [2.05, 4.69) is 15.5 Å². The maximum Gasteiger partial charge on any atom is 0.415 e. The van der Waals surface area contributed by atoms with Gasteiger partial charge in [-0.3, -0.25) is 19.5 Å². The summed E-state index contributed by atoms with van der Waals surface area (Å²) in [6.07, 6.45) is -6.74. The Morgan fingerprint density at radius 3 is 2.16 bits per heavy atom. The molecular weight excluding hydrogens is 605 g/mol. The van der Waals surface area contributed by atoms with Gasteiger partial charge < -0.3 is 19.4 Å². The molecular formula is C32H47F3N4O5Si. The highest BCUT2D eigenvalue weighted by Gasteiger charge is 2.52. The van der Waals surface area contributed by atoms with E-state index in [4.69, 9.17) is 9.16 Å². The number of halogens is 3. The normalized spacial score (nSPS) is 16.7. The summed E-state index contributed by atoms with van der Waals surface area (Å²) in [6, 6.07) is 10.4. The summed E-state index contributed by atoms with van der Waals surface area (Å²) in [5, 5.41) is 4.53. The lowest BCUT2D eigenvalue weighted by atomic mass is 9.98. The van der Waals surface area contributed by atoms with Gasteiger partial charge in [-0.2, -0.15) is 13.2 Å². The predicted molar refractivity (Wildman–Crippen MR) is 172 cm³/mol. The van der Waals surface area contributed by atoms with Crippen molar-refractivity contribution in [3.63, 3.8) is 0 Å². The summed E-state index contributed by atoms with van der Waals surface area (Å²) in [7, 11) is -0.914. The molecule has 1 fully saturated rings. The third kappa shape index (κ3) is 9.66. The molecule has 0 radical (unpaired) electrons. The summed E-state index contributed by atoms with van der Waals surface area (Å²) < 4.78 is 55.9. The van der Waals surface area contributed by atoms with Gasteiger partial charge in [0, 0.05) is 13.1 Å². The molecule has 0 saturated carbocycles. The van der Waals surface area contributed by atoms with Crippen LogP contribution in [0.4, 0.5) is 23.7 Å². The molecule has 2 atom stereocenters. The third-order valence-electron chi connectivity index (χ3n) is 8.64. The first-order chi connectivity index (χ1) is 20.8. The molecule has 2 unspecified atom stereocenters. The van der Waals surface area contributed by atoms with Gasteiger partial charge in [0.05, 0.1) is 11.7 Å². The smallest absolute Gasteiger partial charge is 0.415 e. The van der Waals surface area contributed by atoms with Crippen molar-refractivity contribution in [1.82, 2.24) is 14.8 Å². The third-order valence-corrected chi connectivity index (χ3v) is 13.1. The number of amides is 2. The zero-order chi connectivity index (χ0) is 33.7. The lowest BCUT2D eigenvalue weighted by Crippen LogP contribution is -2.59. The van der Waals surface area contributed by atoms with Crippen molar-refractivity contribution in [2.45, 2.75) is 96.6 Å². The molecule has 3 rings (SSSR count). The number of piperidine rings is 1. The van der Waals surface area contributed by atoms with Crippen molar-refractivity contribution < 1.29 is 31.9 Å². The van der Waals surface area contributed by atoms with Gasteiger partial charge in [0.15, 0.2) is 14.4 Å². The summed E-state index contributed by atoms with van der Waals surface area (Å²) in [6.45, 7) is 13.1. The second kappa shape index (κ2) is 14.5. The van der Waals surface area contributed by atoms with Gasteiger partial charge >= 0.3 is 12.3 Å². The van der Waals surface area contributed by atoms with Crippen molar-refractivity contribution >= 4 is 26.0 Å². The minimum absolute atomic E-state index is 0.116. The highest BCUT2D eigenvalue weighted by molar-refractivity contribution is 6.74. The molecule has 2 heterocycles. The van der Waals surface area contributed by atoms with E-state index in [0.29, 0.717) is 24.1 Å². The van der Waals surface area contributed by atoms with Crippen molar-refractivity contribution in [2.75, 3.05) is 25.5 Å². The van der Waals surface area contributed by atoms with Crippen molar-refractivity contribution in [3.8, 4) is 11.3 Å². The summed E-state index contributed by atoms with van der Waals surface area (Å²) in [5.41, 5.74) is 0.154. The topological polar surface area (TPSA) is 102 Å². The molecule has 13 heteroatoms. The number of ether oxygens (including phenoxy) is 1. The van der Waals surface area contributed by atoms with E-state index in [9.17, 15) is 27.6 Å². The lowest BCUT2D eigenvalue weighted by molar-refractivity contribution is -0.210. The second-order valence-electron chi connectivity index (χ2n) is 13.6. The number of nitrogens with zero attached hydrogens (tertiary/aromatic N) is 2. The number of nitrogens with one attached hydrogen (secondary N) is 2. The van der Waals surface area contributed by atoms with Crippen LogP contribution in [-0.2, 0) is 20.5 Å². The van der Waals surface area contributed by atoms with Crippen LogP contribution >= 0.6 is 0 Å². The molecule has 2 N–H and O–H groups in total. The number of anilines is 1. The molecule has 0 aliphatic carbocycles. The molecule has 1 saturated heterocycles. The Balaban J connectivity index is 1.91. The Labute approximate surface area is 264 Å². The monoisotopic (exact) mass is 652 g/mol. The minimum atomic E-state index is -4.75. The van der Waals surface area contributed by atoms with Crippen LogP contribution in [0.25, 0.3) is 11.3 Å². The van der Waals surface area contributed by atoms with Gasteiger partial charge in [0.1, 0.15) is 18.3 Å². The van der Waals surface area contributed by atoms with E-state index in [0.717, 1.165) is 17.7 Å². The molecule has 9 nitrogen and oxygen atoms in total. The highest BCUT2D eigenvalue weighted by atomic mass is 28.4. The van der Waals surface area contributed by atoms with Gasteiger partial charge in [0.2, 0.25) is 5.91 Å². The molecule has 0 spiro atoms. The first-order valence-electron chi connectivity index (χ1n) is 15.3. The van der Waals surface area contributed by atoms with Crippen LogP contribution in [0.1, 0.15) is 47.5 Å². The summed E-state index contributed by atoms with van der Waals surface area (Å²) in [5.74, 6) is -1.44. The Morgan fingerprint density at radius 2 is 1.62 bits per heavy atom. The van der Waals surface area contributed by atoms with Crippen LogP contribution in [0.15, 0.2) is 47.3 Å². The Hall–Kier alpha value is -3.16. The van der Waals surface area contributed by atoms with Crippen LogP contribution in [0.5, 0.6) is 0 Å². The van der Waals surface area contributed by atoms with E-state index in [-0.39, 0.29) is 11.8 Å². The zero-order valence-corrected chi connectivity index (χ0v) is 28.5. The molecule has 2 aromatic rings. The SMILES string of the molecule is CC(C)C(NC(=O)Cn1c(-c2ccccc2)ccc(NC(=O)OC2CCN(C)CC2)c1=O)C(O[Si](C)(C)C(C)(C)C)C(F)(F)F. The fourth-order valence-electron chi connectivity index (χ4n) is 4.89. The van der Waals surface area contributed by atoms with E-state index in [1.54, 1.807) is 63.3 Å². The number of aromatic nitrogens is 1. The zero-order valence-electron chi connectivity index (χ0n) is 27.5. The number of likely N-dealkylation sites (tertiary alicyclic amines) is 1. The molecule has 1 aliphatic rings. The van der Waals surface area contributed by atoms with Crippen LogP contribution in [0.2, 0.25) is 18.1 Å². The number of rotatable bonds is 10. The molecule has 45 heavy (non-hydrogen) atoms. The molecule has 2 amide bonds. The van der Waals surface area contributed by atoms with Crippen molar-refractivity contribution in [2.24, 2.45) is 5.92 Å². The van der Waals surface area contributed by atoms with Gasteiger partial charge in [-0.15, -0.1) is 0 Å². The number of hydrogen-bond acceptors (Lipinski definition) is 6. The van der Waals surface area contributed by atoms with Gasteiger partial charge in [-0.25, -0.2) is 4.79 Å². The van der Waals surface area contributed by atoms with E-state index < -0.39 is 61.7 Å². The molecule has 1 aliphatic heterocycles. The van der Waals surface area contributed by atoms with Crippen molar-refractivity contribution in [3.05, 3.63) is 52.8 Å². The van der Waals surface area contributed by atoms with Crippen LogP contribution in [-0.4, -0.2) is 74.3 Å². The van der Waals surface area contributed by atoms with Crippen LogP contribution in [0.3, 0.4) is 0 Å². The molecule has 0 bridgehead atoms. The first kappa shape index (κ1) is 36.3. The molecule has 1 aromatic carbocycles. The van der Waals surface area contributed by atoms with E-state index in [1.807, 2.05) is 27.8 Å². The van der Waals surface area contributed by atoms with E-state index in [1.165, 1.54) is 6.07 Å². The Bertz CT molecular complexity index is 1370. The first-order valence-corrected chi connectivity index (χ1v) is 18.2. The Kier molecular flexibility index (Phi) is 11.7. The number of carbonyl (C=O) groups excluding carboxylic acids is 2. The maximum absolute atomic E-state index is 14.5. The molecule has 1 aromatic heterocycles. The maximum atomic E-state index is 14.5. The predicted octanol–water partition coefficient (Wildman–Crippen LogP) is 6.25. The summed E-state index contributed by atoms with van der Waals surface area (Å²) in [4.78, 5) is 42.0. The standard InChI is InChI=1S/C32H47F3N4O5Si/c1-21(2)27(28(32(33,34)35)44-45(7,8)31(3,4)5)37-26(40)20-39-25(22-12-10-9-11-13-22)15-14-24(29(39)41)36-30(42)43-23-16-18-38(6)19-17-23/h9-15,21,23,27-28H,16-20H2,1-8H3,(H,36,42)(H,37,40). The number of carbonyl (C=O) groups is 2. The number of benzene rings is 1.